The topological polar surface area (TPSA) is 55.1 Å². The van der Waals surface area contributed by atoms with Crippen molar-refractivity contribution in [2.75, 3.05) is 11.1 Å². The number of nitrogens with one attached hydrogen (secondary N) is 1. The van der Waals surface area contributed by atoms with E-state index in [4.69, 9.17) is 5.73 Å². The summed E-state index contributed by atoms with van der Waals surface area (Å²) >= 11 is 0. The standard InChI is InChI=1S/C13H7F5N2O/c14-8-7(9(15)11(17)12(18)10(8)16)13(21)20-6-4-2-1-3-5(6)19/h1-4H,19H2,(H,20,21). The Morgan fingerprint density at radius 2 is 1.33 bits per heavy atom. The quantitative estimate of drug-likeness (QED) is 0.387. The van der Waals surface area contributed by atoms with E-state index in [0.717, 1.165) is 0 Å². The minimum atomic E-state index is -2.33. The number of halogens is 5. The molecule has 110 valence electrons. The number of carbonyl (C=O) groups is 1. The predicted molar refractivity (Wildman–Crippen MR) is 65.0 cm³/mol. The molecule has 0 unspecified atom stereocenters. The lowest BCUT2D eigenvalue weighted by Gasteiger charge is -2.10. The van der Waals surface area contributed by atoms with Crippen molar-refractivity contribution in [3.8, 4) is 0 Å². The summed E-state index contributed by atoms with van der Waals surface area (Å²) in [6.45, 7) is 0. The second kappa shape index (κ2) is 5.39. The molecule has 2 rings (SSSR count). The van der Waals surface area contributed by atoms with Crippen molar-refractivity contribution in [1.82, 2.24) is 0 Å². The molecule has 3 N–H and O–H groups in total. The Morgan fingerprint density at radius 3 is 1.86 bits per heavy atom. The summed E-state index contributed by atoms with van der Waals surface area (Å²) in [6, 6.07) is 5.68. The molecular weight excluding hydrogens is 295 g/mol. The third kappa shape index (κ3) is 2.51. The number of hydrogen-bond acceptors (Lipinski definition) is 2. The second-order valence-corrected chi connectivity index (χ2v) is 3.99. The summed E-state index contributed by atoms with van der Waals surface area (Å²) in [6.07, 6.45) is 0. The van der Waals surface area contributed by atoms with Crippen LogP contribution in [0.5, 0.6) is 0 Å². The molecule has 0 aliphatic heterocycles. The van der Waals surface area contributed by atoms with E-state index in [0.29, 0.717) is 0 Å². The van der Waals surface area contributed by atoms with Gasteiger partial charge in [0.25, 0.3) is 5.91 Å². The molecule has 0 atom stereocenters. The molecule has 1 amide bonds. The Balaban J connectivity index is 2.48. The number of rotatable bonds is 2. The van der Waals surface area contributed by atoms with Gasteiger partial charge in [0.2, 0.25) is 5.82 Å². The normalized spacial score (nSPS) is 10.5. The first kappa shape index (κ1) is 14.8. The number of para-hydroxylation sites is 2. The fraction of sp³-hybridized carbons (Fsp3) is 0. The molecule has 8 heteroatoms. The van der Waals surface area contributed by atoms with Gasteiger partial charge in [-0.3, -0.25) is 4.79 Å². The molecule has 0 heterocycles. The first-order valence-electron chi connectivity index (χ1n) is 5.52. The average molecular weight is 302 g/mol. The number of nitrogens with two attached hydrogens (primary N) is 1. The van der Waals surface area contributed by atoms with Crippen LogP contribution in [0.15, 0.2) is 24.3 Å². The number of anilines is 2. The SMILES string of the molecule is Nc1ccccc1NC(=O)c1c(F)c(F)c(F)c(F)c1F. The first-order valence-corrected chi connectivity index (χ1v) is 5.52. The Morgan fingerprint density at radius 1 is 0.857 bits per heavy atom. The van der Waals surface area contributed by atoms with Gasteiger partial charge >= 0.3 is 0 Å². The Bertz CT molecular complexity index is 704. The summed E-state index contributed by atoms with van der Waals surface area (Å²) in [4.78, 5) is 11.7. The van der Waals surface area contributed by atoms with Gasteiger partial charge in [-0.2, -0.15) is 0 Å². The monoisotopic (exact) mass is 302 g/mol. The van der Waals surface area contributed by atoms with E-state index in [2.05, 4.69) is 0 Å². The van der Waals surface area contributed by atoms with Crippen molar-refractivity contribution in [2.24, 2.45) is 0 Å². The molecule has 0 aromatic heterocycles. The van der Waals surface area contributed by atoms with Gasteiger partial charge < -0.3 is 11.1 Å². The highest BCUT2D eigenvalue weighted by molar-refractivity contribution is 6.06. The zero-order valence-electron chi connectivity index (χ0n) is 10.2. The first-order chi connectivity index (χ1) is 9.84. The van der Waals surface area contributed by atoms with Gasteiger partial charge in [-0.1, -0.05) is 12.1 Å². The van der Waals surface area contributed by atoms with Gasteiger partial charge in [-0.05, 0) is 12.1 Å². The molecule has 2 aromatic carbocycles. The van der Waals surface area contributed by atoms with Crippen LogP contribution in [-0.2, 0) is 0 Å². The molecular formula is C13H7F5N2O. The lowest BCUT2D eigenvalue weighted by molar-refractivity contribution is 0.101. The molecule has 0 saturated heterocycles. The van der Waals surface area contributed by atoms with Crippen molar-refractivity contribution in [3.63, 3.8) is 0 Å². The van der Waals surface area contributed by atoms with E-state index in [1.807, 2.05) is 5.32 Å². The van der Waals surface area contributed by atoms with Crippen LogP contribution in [0.3, 0.4) is 0 Å². The third-order valence-electron chi connectivity index (χ3n) is 2.65. The summed E-state index contributed by atoms with van der Waals surface area (Å²) in [5.41, 5.74) is 3.96. The number of nitrogen functional groups attached to an aromatic ring is 1. The summed E-state index contributed by atoms with van der Waals surface area (Å²) in [5, 5.41) is 1.98. The smallest absolute Gasteiger partial charge is 0.261 e. The Labute approximate surface area is 115 Å². The fourth-order valence-electron chi connectivity index (χ4n) is 1.60. The van der Waals surface area contributed by atoms with Crippen LogP contribution in [0, 0.1) is 29.1 Å². The third-order valence-corrected chi connectivity index (χ3v) is 2.65. The van der Waals surface area contributed by atoms with Gasteiger partial charge in [0.05, 0.1) is 11.4 Å². The van der Waals surface area contributed by atoms with Crippen LogP contribution < -0.4 is 11.1 Å². The number of carbonyl (C=O) groups excluding carboxylic acids is 1. The average Bonchev–Trinajstić information content (AvgIpc) is 2.46. The molecule has 21 heavy (non-hydrogen) atoms. The van der Waals surface area contributed by atoms with Crippen molar-refractivity contribution in [1.29, 1.82) is 0 Å². The van der Waals surface area contributed by atoms with E-state index < -0.39 is 40.6 Å². The second-order valence-electron chi connectivity index (χ2n) is 3.99. The van der Waals surface area contributed by atoms with Gasteiger partial charge in [0.1, 0.15) is 5.56 Å². The minimum Gasteiger partial charge on any atom is -0.397 e. The molecule has 0 saturated carbocycles. The van der Waals surface area contributed by atoms with Crippen molar-refractivity contribution < 1.29 is 26.7 Å². The van der Waals surface area contributed by atoms with Crippen LogP contribution in [-0.4, -0.2) is 5.91 Å². The highest BCUT2D eigenvalue weighted by Gasteiger charge is 2.29. The van der Waals surface area contributed by atoms with E-state index in [-0.39, 0.29) is 11.4 Å². The van der Waals surface area contributed by atoms with E-state index in [1.54, 1.807) is 0 Å². The Kier molecular flexibility index (Phi) is 3.79. The molecule has 0 fully saturated rings. The molecule has 3 nitrogen and oxygen atoms in total. The maximum absolute atomic E-state index is 13.4. The zero-order valence-corrected chi connectivity index (χ0v) is 10.2. The van der Waals surface area contributed by atoms with E-state index in [1.165, 1.54) is 24.3 Å². The molecule has 2 aromatic rings. The molecule has 0 aliphatic carbocycles. The van der Waals surface area contributed by atoms with Crippen molar-refractivity contribution in [2.45, 2.75) is 0 Å². The lowest BCUT2D eigenvalue weighted by Crippen LogP contribution is -2.19. The van der Waals surface area contributed by atoms with E-state index in [9.17, 15) is 26.7 Å². The molecule has 0 spiro atoms. The summed E-state index contributed by atoms with van der Waals surface area (Å²) in [5.74, 6) is -12.6. The van der Waals surface area contributed by atoms with Crippen LogP contribution in [0.2, 0.25) is 0 Å². The zero-order chi connectivity index (χ0) is 15.7. The highest BCUT2D eigenvalue weighted by Crippen LogP contribution is 2.25. The van der Waals surface area contributed by atoms with Crippen molar-refractivity contribution in [3.05, 3.63) is 58.9 Å². The van der Waals surface area contributed by atoms with E-state index >= 15 is 0 Å². The highest BCUT2D eigenvalue weighted by atomic mass is 19.2. The maximum Gasteiger partial charge on any atom is 0.261 e. The lowest BCUT2D eigenvalue weighted by atomic mass is 10.1. The predicted octanol–water partition coefficient (Wildman–Crippen LogP) is 3.22. The molecule has 0 radical (unpaired) electrons. The molecule has 0 aliphatic rings. The largest absolute Gasteiger partial charge is 0.397 e. The molecule has 0 bridgehead atoms. The van der Waals surface area contributed by atoms with Gasteiger partial charge in [-0.15, -0.1) is 0 Å². The van der Waals surface area contributed by atoms with Crippen LogP contribution >= 0.6 is 0 Å². The van der Waals surface area contributed by atoms with Crippen LogP contribution in [0.1, 0.15) is 10.4 Å². The fourth-order valence-corrected chi connectivity index (χ4v) is 1.60. The number of hydrogen-bond donors (Lipinski definition) is 2. The maximum atomic E-state index is 13.4. The van der Waals surface area contributed by atoms with Gasteiger partial charge in [0, 0.05) is 0 Å². The van der Waals surface area contributed by atoms with Gasteiger partial charge in [0.15, 0.2) is 23.3 Å². The van der Waals surface area contributed by atoms with Gasteiger partial charge in [-0.25, -0.2) is 22.0 Å². The number of amides is 1. The van der Waals surface area contributed by atoms with Crippen LogP contribution in [0.25, 0.3) is 0 Å². The van der Waals surface area contributed by atoms with Crippen molar-refractivity contribution >= 4 is 17.3 Å². The summed E-state index contributed by atoms with van der Waals surface area (Å²) in [7, 11) is 0. The minimum absolute atomic E-state index is 0.0218. The van der Waals surface area contributed by atoms with Crippen LogP contribution in [0.4, 0.5) is 33.3 Å². The summed E-state index contributed by atoms with van der Waals surface area (Å²) < 4.78 is 65.8. The Hall–Kier alpha value is -2.64. The number of benzene rings is 2.